The van der Waals surface area contributed by atoms with Crippen molar-refractivity contribution in [2.45, 2.75) is 19.4 Å². The first-order valence-corrected chi connectivity index (χ1v) is 6.38. The fraction of sp³-hybridized carbons (Fsp3) is 0.200. The lowest BCUT2D eigenvalue weighted by Crippen LogP contribution is -2.07. The second-order valence-corrected chi connectivity index (χ2v) is 4.44. The van der Waals surface area contributed by atoms with Gasteiger partial charge in [-0.2, -0.15) is 0 Å². The van der Waals surface area contributed by atoms with Crippen LogP contribution in [0, 0.1) is 10.1 Å². The topological polar surface area (TPSA) is 78.4 Å². The maximum absolute atomic E-state index is 10.7. The van der Waals surface area contributed by atoms with Gasteiger partial charge < -0.3 is 10.5 Å². The molecule has 5 heteroatoms. The lowest BCUT2D eigenvalue weighted by Gasteiger charge is -2.10. The zero-order valence-corrected chi connectivity index (χ0v) is 11.2. The Morgan fingerprint density at radius 2 is 1.90 bits per heavy atom. The fourth-order valence-corrected chi connectivity index (χ4v) is 1.82. The molecule has 2 aromatic carbocycles. The number of nitro groups is 1. The maximum atomic E-state index is 10.7. The van der Waals surface area contributed by atoms with E-state index in [1.807, 2.05) is 31.2 Å². The number of nitrogens with zero attached hydrogens (tertiary/aromatic N) is 1. The fourth-order valence-electron chi connectivity index (χ4n) is 1.82. The van der Waals surface area contributed by atoms with Crippen LogP contribution in [0.5, 0.6) is 11.5 Å². The van der Waals surface area contributed by atoms with Gasteiger partial charge in [-0.05, 0) is 30.2 Å². The van der Waals surface area contributed by atoms with E-state index in [9.17, 15) is 10.1 Å². The van der Waals surface area contributed by atoms with Crippen molar-refractivity contribution in [2.24, 2.45) is 5.73 Å². The molecule has 0 heterocycles. The normalized spacial score (nSPS) is 11.9. The van der Waals surface area contributed by atoms with Crippen molar-refractivity contribution >= 4 is 5.69 Å². The first kappa shape index (κ1) is 14.0. The minimum atomic E-state index is -0.448. The Bertz CT molecular complexity index is 596. The van der Waals surface area contributed by atoms with Gasteiger partial charge in [0.05, 0.1) is 11.0 Å². The quantitative estimate of drug-likeness (QED) is 0.663. The molecule has 0 amide bonds. The van der Waals surface area contributed by atoms with Crippen molar-refractivity contribution in [1.29, 1.82) is 0 Å². The third-order valence-electron chi connectivity index (χ3n) is 3.01. The van der Waals surface area contributed by atoms with Gasteiger partial charge in [-0.3, -0.25) is 10.1 Å². The van der Waals surface area contributed by atoms with Crippen molar-refractivity contribution in [3.63, 3.8) is 0 Å². The molecule has 0 unspecified atom stereocenters. The molecule has 5 nitrogen and oxygen atoms in total. The molecule has 104 valence electrons. The van der Waals surface area contributed by atoms with E-state index in [0.29, 0.717) is 11.5 Å². The molecule has 20 heavy (non-hydrogen) atoms. The molecule has 0 aliphatic heterocycles. The predicted octanol–water partition coefficient (Wildman–Crippen LogP) is 3.80. The monoisotopic (exact) mass is 272 g/mol. The third kappa shape index (κ3) is 3.33. The molecule has 1 atom stereocenters. The van der Waals surface area contributed by atoms with Crippen LogP contribution >= 0.6 is 0 Å². The van der Waals surface area contributed by atoms with E-state index in [1.54, 1.807) is 12.1 Å². The molecule has 0 radical (unpaired) electrons. The van der Waals surface area contributed by atoms with Crippen LogP contribution < -0.4 is 10.5 Å². The summed E-state index contributed by atoms with van der Waals surface area (Å²) < 4.78 is 5.59. The Balaban J connectivity index is 2.14. The average molecular weight is 272 g/mol. The van der Waals surface area contributed by atoms with Gasteiger partial charge in [0, 0.05) is 12.1 Å². The van der Waals surface area contributed by atoms with Gasteiger partial charge in [0.25, 0.3) is 5.69 Å². The van der Waals surface area contributed by atoms with Crippen LogP contribution in [-0.2, 0) is 0 Å². The smallest absolute Gasteiger partial charge is 0.273 e. The van der Waals surface area contributed by atoms with Crippen molar-refractivity contribution < 1.29 is 9.66 Å². The summed E-state index contributed by atoms with van der Waals surface area (Å²) in [6.07, 6.45) is 0.866. The van der Waals surface area contributed by atoms with E-state index >= 15 is 0 Å². The van der Waals surface area contributed by atoms with Crippen LogP contribution in [-0.4, -0.2) is 4.92 Å². The summed E-state index contributed by atoms with van der Waals surface area (Å²) in [4.78, 5) is 10.2. The minimum absolute atomic E-state index is 0.00660. The van der Waals surface area contributed by atoms with Gasteiger partial charge in [0.2, 0.25) is 0 Å². The third-order valence-corrected chi connectivity index (χ3v) is 3.01. The highest BCUT2D eigenvalue weighted by atomic mass is 16.6. The van der Waals surface area contributed by atoms with E-state index in [1.165, 1.54) is 12.1 Å². The minimum Gasteiger partial charge on any atom is -0.457 e. The Labute approximate surface area is 117 Å². The van der Waals surface area contributed by atoms with Gasteiger partial charge in [0.15, 0.2) is 0 Å². The first-order valence-electron chi connectivity index (χ1n) is 6.38. The molecule has 0 spiro atoms. The lowest BCUT2D eigenvalue weighted by molar-refractivity contribution is -0.384. The number of non-ortho nitro benzene ring substituents is 1. The Kier molecular flexibility index (Phi) is 4.32. The maximum Gasteiger partial charge on any atom is 0.273 e. The lowest BCUT2D eigenvalue weighted by atomic mass is 10.1. The molecule has 2 N–H and O–H groups in total. The van der Waals surface area contributed by atoms with Crippen LogP contribution in [0.4, 0.5) is 5.69 Å². The molecule has 0 fully saturated rings. The van der Waals surface area contributed by atoms with Gasteiger partial charge in [-0.25, -0.2) is 0 Å². The second kappa shape index (κ2) is 6.16. The number of hydrogen-bond donors (Lipinski definition) is 1. The molecule has 0 aliphatic carbocycles. The van der Waals surface area contributed by atoms with E-state index < -0.39 is 4.92 Å². The molecular weight excluding hydrogens is 256 g/mol. The summed E-state index contributed by atoms with van der Waals surface area (Å²) in [6.45, 7) is 2.03. The van der Waals surface area contributed by atoms with E-state index in [4.69, 9.17) is 10.5 Å². The molecule has 2 rings (SSSR count). The molecule has 0 saturated carbocycles. The molecule has 2 aromatic rings. The Morgan fingerprint density at radius 3 is 2.50 bits per heavy atom. The number of nitrogens with two attached hydrogens (primary N) is 1. The highest BCUT2D eigenvalue weighted by Crippen LogP contribution is 2.26. The summed E-state index contributed by atoms with van der Waals surface area (Å²) in [5.74, 6) is 1.06. The number of ether oxygens (including phenoxy) is 1. The Morgan fingerprint density at radius 1 is 1.20 bits per heavy atom. The van der Waals surface area contributed by atoms with Crippen LogP contribution in [0.3, 0.4) is 0 Å². The van der Waals surface area contributed by atoms with E-state index in [-0.39, 0.29) is 11.7 Å². The zero-order chi connectivity index (χ0) is 14.5. The van der Waals surface area contributed by atoms with Gasteiger partial charge in [-0.1, -0.05) is 25.1 Å². The van der Waals surface area contributed by atoms with Gasteiger partial charge >= 0.3 is 0 Å². The van der Waals surface area contributed by atoms with Gasteiger partial charge in [-0.15, -0.1) is 0 Å². The van der Waals surface area contributed by atoms with Crippen LogP contribution in [0.25, 0.3) is 0 Å². The standard InChI is InChI=1S/C15H16N2O3/c1-2-15(16)11-6-8-13(9-7-11)20-14-5-3-4-12(10-14)17(18)19/h3-10,15H,2,16H2,1H3/t15-/m1/s1. The van der Waals surface area contributed by atoms with Gasteiger partial charge in [0.1, 0.15) is 11.5 Å². The van der Waals surface area contributed by atoms with Crippen LogP contribution in [0.1, 0.15) is 24.9 Å². The number of rotatable bonds is 5. The van der Waals surface area contributed by atoms with E-state index in [0.717, 1.165) is 12.0 Å². The van der Waals surface area contributed by atoms with Crippen LogP contribution in [0.15, 0.2) is 48.5 Å². The molecule has 0 aliphatic rings. The summed E-state index contributed by atoms with van der Waals surface area (Å²) in [5, 5.41) is 10.7. The van der Waals surface area contributed by atoms with Crippen molar-refractivity contribution in [2.75, 3.05) is 0 Å². The highest BCUT2D eigenvalue weighted by Gasteiger charge is 2.07. The van der Waals surface area contributed by atoms with E-state index in [2.05, 4.69) is 0 Å². The zero-order valence-electron chi connectivity index (χ0n) is 11.2. The number of hydrogen-bond acceptors (Lipinski definition) is 4. The van der Waals surface area contributed by atoms with Crippen molar-refractivity contribution in [3.8, 4) is 11.5 Å². The second-order valence-electron chi connectivity index (χ2n) is 4.44. The molecule has 0 aromatic heterocycles. The molecular formula is C15H16N2O3. The molecule has 0 bridgehead atoms. The summed E-state index contributed by atoms with van der Waals surface area (Å²) in [6, 6.07) is 13.5. The van der Waals surface area contributed by atoms with Crippen molar-refractivity contribution in [3.05, 3.63) is 64.2 Å². The molecule has 0 saturated heterocycles. The largest absolute Gasteiger partial charge is 0.457 e. The number of nitro benzene ring substituents is 1. The summed E-state index contributed by atoms with van der Waals surface area (Å²) >= 11 is 0. The average Bonchev–Trinajstić information content (AvgIpc) is 2.47. The SMILES string of the molecule is CC[C@@H](N)c1ccc(Oc2cccc([N+](=O)[O-])c2)cc1. The predicted molar refractivity (Wildman–Crippen MR) is 76.8 cm³/mol. The van der Waals surface area contributed by atoms with Crippen LogP contribution in [0.2, 0.25) is 0 Å². The first-order chi connectivity index (χ1) is 9.60. The number of benzene rings is 2. The summed E-state index contributed by atoms with van der Waals surface area (Å²) in [7, 11) is 0. The Hall–Kier alpha value is -2.40. The van der Waals surface area contributed by atoms with Crippen molar-refractivity contribution in [1.82, 2.24) is 0 Å². The summed E-state index contributed by atoms with van der Waals surface area (Å²) in [5.41, 5.74) is 6.98. The highest BCUT2D eigenvalue weighted by molar-refractivity contribution is 5.41.